The van der Waals surface area contributed by atoms with Gasteiger partial charge in [0.2, 0.25) is 0 Å². The molecule has 0 saturated carbocycles. The number of hydrogen-bond acceptors (Lipinski definition) is 2. The lowest BCUT2D eigenvalue weighted by molar-refractivity contribution is -0.869. The molecular weight excluding hydrogens is 282 g/mol. The smallest absolute Gasteiger partial charge is 0.168 e. The molecule has 0 N–H and O–H groups in total. The first-order chi connectivity index (χ1) is 7.42. The van der Waals surface area contributed by atoms with Gasteiger partial charge in [-0.15, -0.1) is 0 Å². The highest BCUT2D eigenvalue weighted by Crippen LogP contribution is 2.13. The first kappa shape index (κ1) is 16.1. The van der Waals surface area contributed by atoms with Gasteiger partial charge in [-0.25, -0.2) is 0 Å². The highest BCUT2D eigenvalue weighted by molar-refractivity contribution is 5.96. The molecule has 17 heavy (non-hydrogen) atoms. The normalized spacial score (nSPS) is 10.6. The molecule has 0 atom stereocenters. The van der Waals surface area contributed by atoms with Crippen molar-refractivity contribution in [3.05, 3.63) is 29.8 Å². The molecule has 0 unspecified atom stereocenters. The van der Waals surface area contributed by atoms with Gasteiger partial charge >= 0.3 is 0 Å². The van der Waals surface area contributed by atoms with Crippen LogP contribution >= 0.6 is 0 Å². The van der Waals surface area contributed by atoms with Crippen LogP contribution in [0.25, 0.3) is 0 Å². The predicted octanol–water partition coefficient (Wildman–Crippen LogP) is -1.02. The Morgan fingerprint density at radius 3 is 2.12 bits per heavy atom. The fraction of sp³-hybridized carbons (Fsp3) is 0.462. The van der Waals surface area contributed by atoms with E-state index in [0.29, 0.717) is 6.42 Å². The highest BCUT2D eigenvalue weighted by Gasteiger charge is 2.12. The van der Waals surface area contributed by atoms with E-state index in [1.807, 2.05) is 24.3 Å². The number of methoxy groups -OCH3 is 1. The molecule has 0 aromatic heterocycles. The van der Waals surface area contributed by atoms with Gasteiger partial charge in [0.05, 0.1) is 41.2 Å². The van der Waals surface area contributed by atoms with Crippen molar-refractivity contribution in [3.63, 3.8) is 0 Å². The van der Waals surface area contributed by atoms with Crippen LogP contribution in [0.5, 0.6) is 5.75 Å². The molecule has 4 heteroatoms. The summed E-state index contributed by atoms with van der Waals surface area (Å²) in [7, 11) is 7.87. The maximum atomic E-state index is 11.8. The van der Waals surface area contributed by atoms with E-state index in [9.17, 15) is 4.79 Å². The lowest BCUT2D eigenvalue weighted by atomic mass is 10.1. The highest BCUT2D eigenvalue weighted by atomic mass is 79.9. The average molecular weight is 302 g/mol. The molecule has 0 aliphatic carbocycles. The van der Waals surface area contributed by atoms with Gasteiger partial charge in [0, 0.05) is 5.56 Å². The van der Waals surface area contributed by atoms with Crippen LogP contribution in [0.1, 0.15) is 16.8 Å². The van der Waals surface area contributed by atoms with Gasteiger partial charge < -0.3 is 26.2 Å². The summed E-state index contributed by atoms with van der Waals surface area (Å²) in [5, 5.41) is 0. The number of benzene rings is 1. The summed E-state index contributed by atoms with van der Waals surface area (Å²) in [4.78, 5) is 11.8. The fourth-order valence-electron chi connectivity index (χ4n) is 1.36. The monoisotopic (exact) mass is 301 g/mol. The molecule has 0 aliphatic heterocycles. The van der Waals surface area contributed by atoms with Crippen molar-refractivity contribution >= 4 is 5.78 Å². The number of ketones is 1. The minimum absolute atomic E-state index is 0. The Balaban J connectivity index is 0.00000256. The van der Waals surface area contributed by atoms with Gasteiger partial charge in [-0.3, -0.25) is 4.79 Å². The zero-order valence-electron chi connectivity index (χ0n) is 10.9. The summed E-state index contributed by atoms with van der Waals surface area (Å²) >= 11 is 0. The van der Waals surface area contributed by atoms with E-state index in [4.69, 9.17) is 4.74 Å². The van der Waals surface area contributed by atoms with Crippen LogP contribution in [0.4, 0.5) is 0 Å². The van der Waals surface area contributed by atoms with Gasteiger partial charge in [0.1, 0.15) is 5.75 Å². The number of ether oxygens (including phenoxy) is 1. The second-order valence-corrected chi connectivity index (χ2v) is 4.92. The number of carbonyl (C=O) groups is 1. The van der Waals surface area contributed by atoms with Crippen LogP contribution in [-0.4, -0.2) is 45.1 Å². The maximum absolute atomic E-state index is 11.8. The molecule has 0 spiro atoms. The lowest BCUT2D eigenvalue weighted by Gasteiger charge is -2.23. The van der Waals surface area contributed by atoms with Crippen molar-refractivity contribution in [2.45, 2.75) is 6.42 Å². The number of nitrogens with zero attached hydrogens (tertiary/aromatic N) is 1. The van der Waals surface area contributed by atoms with Crippen molar-refractivity contribution in [2.24, 2.45) is 0 Å². The van der Waals surface area contributed by atoms with Crippen molar-refractivity contribution in [3.8, 4) is 5.75 Å². The molecule has 0 radical (unpaired) electrons. The molecule has 0 heterocycles. The summed E-state index contributed by atoms with van der Waals surface area (Å²) < 4.78 is 5.86. The largest absolute Gasteiger partial charge is 1.00 e. The van der Waals surface area contributed by atoms with Gasteiger partial charge in [0.15, 0.2) is 5.78 Å². The van der Waals surface area contributed by atoms with Crippen molar-refractivity contribution in [1.29, 1.82) is 0 Å². The third-order valence-corrected chi connectivity index (χ3v) is 2.42. The Morgan fingerprint density at radius 1 is 1.18 bits per heavy atom. The summed E-state index contributed by atoms with van der Waals surface area (Å²) in [6.07, 6.45) is 0.579. The average Bonchev–Trinajstić information content (AvgIpc) is 2.25. The van der Waals surface area contributed by atoms with Gasteiger partial charge in [-0.05, 0) is 24.3 Å². The zero-order valence-corrected chi connectivity index (χ0v) is 12.5. The lowest BCUT2D eigenvalue weighted by Crippen LogP contribution is -3.00. The van der Waals surface area contributed by atoms with E-state index in [1.165, 1.54) is 0 Å². The molecule has 0 fully saturated rings. The molecular formula is C13H20BrNO2. The zero-order chi connectivity index (χ0) is 12.2. The molecule has 1 aromatic rings. The van der Waals surface area contributed by atoms with Crippen molar-refractivity contribution < 1.29 is 31.0 Å². The minimum atomic E-state index is 0. The first-order valence-corrected chi connectivity index (χ1v) is 5.40. The van der Waals surface area contributed by atoms with E-state index in [0.717, 1.165) is 22.3 Å². The Morgan fingerprint density at radius 2 is 1.71 bits per heavy atom. The second kappa shape index (κ2) is 6.77. The van der Waals surface area contributed by atoms with Gasteiger partial charge in [-0.1, -0.05) is 0 Å². The molecule has 0 saturated heterocycles. The van der Waals surface area contributed by atoms with E-state index < -0.39 is 0 Å². The number of Topliss-reactive ketones (excluding diaryl/α,β-unsaturated/α-hetero) is 1. The Kier molecular flexibility index (Phi) is 6.42. The second-order valence-electron chi connectivity index (χ2n) is 4.92. The summed E-state index contributed by atoms with van der Waals surface area (Å²) in [5.41, 5.74) is 0.759. The maximum Gasteiger partial charge on any atom is 0.168 e. The van der Waals surface area contributed by atoms with Crippen molar-refractivity contribution in [2.75, 3.05) is 34.8 Å². The Bertz CT molecular complexity index is 355. The first-order valence-electron chi connectivity index (χ1n) is 5.40. The topological polar surface area (TPSA) is 26.3 Å². The molecule has 0 amide bonds. The number of hydrogen-bond donors (Lipinski definition) is 0. The Labute approximate surface area is 114 Å². The van der Waals surface area contributed by atoms with E-state index in [-0.39, 0.29) is 22.8 Å². The summed E-state index contributed by atoms with van der Waals surface area (Å²) in [5.74, 6) is 0.971. The van der Waals surface area contributed by atoms with E-state index in [2.05, 4.69) is 21.1 Å². The van der Waals surface area contributed by atoms with Gasteiger partial charge in [-0.2, -0.15) is 0 Å². The molecule has 1 rings (SSSR count). The number of carbonyl (C=O) groups excluding carboxylic acids is 1. The molecule has 0 bridgehead atoms. The third kappa shape index (κ3) is 5.84. The van der Waals surface area contributed by atoms with Crippen LogP contribution in [0.3, 0.4) is 0 Å². The van der Waals surface area contributed by atoms with Crippen LogP contribution in [0.15, 0.2) is 24.3 Å². The summed E-state index contributed by atoms with van der Waals surface area (Å²) in [6, 6.07) is 7.27. The van der Waals surface area contributed by atoms with Crippen LogP contribution in [0.2, 0.25) is 0 Å². The van der Waals surface area contributed by atoms with Gasteiger partial charge in [0.25, 0.3) is 0 Å². The number of halogens is 1. The number of quaternary nitrogens is 1. The van der Waals surface area contributed by atoms with Crippen LogP contribution < -0.4 is 21.7 Å². The third-order valence-electron chi connectivity index (χ3n) is 2.42. The number of rotatable bonds is 5. The molecule has 96 valence electrons. The quantitative estimate of drug-likeness (QED) is 0.514. The standard InChI is InChI=1S/C13H20NO2.BrH/c1-14(2,3)10-9-13(15)11-5-7-12(16-4)8-6-11;/h5-8H,9-10H2,1-4H3;1H/q+1;/p-1. The fourth-order valence-corrected chi connectivity index (χ4v) is 1.36. The SMILES string of the molecule is COc1ccc(C(=O)CC[N+](C)(C)C)cc1.[Br-]. The molecule has 1 aromatic carbocycles. The molecule has 0 aliphatic rings. The van der Waals surface area contributed by atoms with Crippen LogP contribution in [0, 0.1) is 0 Å². The predicted molar refractivity (Wildman–Crippen MR) is 64.8 cm³/mol. The Hall–Kier alpha value is -0.870. The van der Waals surface area contributed by atoms with E-state index in [1.54, 1.807) is 7.11 Å². The van der Waals surface area contributed by atoms with E-state index >= 15 is 0 Å². The summed E-state index contributed by atoms with van der Waals surface area (Å²) in [6.45, 7) is 0.852. The van der Waals surface area contributed by atoms with Crippen molar-refractivity contribution in [1.82, 2.24) is 0 Å². The van der Waals surface area contributed by atoms with Crippen LogP contribution in [-0.2, 0) is 0 Å². The minimum Gasteiger partial charge on any atom is -1.00 e. The molecule has 3 nitrogen and oxygen atoms in total.